The van der Waals surface area contributed by atoms with Crippen molar-refractivity contribution in [1.29, 1.82) is 0 Å². The van der Waals surface area contributed by atoms with Crippen LogP contribution in [0.25, 0.3) is 0 Å². The van der Waals surface area contributed by atoms with Gasteiger partial charge < -0.3 is 14.9 Å². The number of likely N-dealkylation sites (tertiary alicyclic amines) is 1. The van der Waals surface area contributed by atoms with Gasteiger partial charge in [-0.2, -0.15) is 0 Å². The lowest BCUT2D eigenvalue weighted by Gasteiger charge is -2.36. The number of carboxylic acid groups (broad SMARTS) is 1. The van der Waals surface area contributed by atoms with Gasteiger partial charge in [0.2, 0.25) is 0 Å². The van der Waals surface area contributed by atoms with E-state index in [1.54, 1.807) is 0 Å². The highest BCUT2D eigenvalue weighted by atomic mass is 16.4. The summed E-state index contributed by atoms with van der Waals surface area (Å²) in [5, 5.41) is 8.80. The third kappa shape index (κ3) is 5.02. The molecule has 20 heavy (non-hydrogen) atoms. The van der Waals surface area contributed by atoms with Gasteiger partial charge in [-0.1, -0.05) is 20.3 Å². The second-order valence-corrected chi connectivity index (χ2v) is 5.86. The molecular formula is C15H28N2O3. The van der Waals surface area contributed by atoms with Crippen molar-refractivity contribution in [3.8, 4) is 0 Å². The zero-order valence-corrected chi connectivity index (χ0v) is 13.0. The zero-order valence-electron chi connectivity index (χ0n) is 13.0. The SMILES string of the molecule is CCC(C)CN(CC)C(=O)N1CCC(CC(=O)O)CC1. The second kappa shape index (κ2) is 8.12. The van der Waals surface area contributed by atoms with Crippen LogP contribution in [0.15, 0.2) is 0 Å². The summed E-state index contributed by atoms with van der Waals surface area (Å²) in [6.07, 6.45) is 2.91. The third-order valence-electron chi connectivity index (χ3n) is 4.23. The molecule has 1 atom stereocenters. The molecule has 1 unspecified atom stereocenters. The van der Waals surface area contributed by atoms with E-state index in [0.29, 0.717) is 19.0 Å². The van der Waals surface area contributed by atoms with Gasteiger partial charge in [0.1, 0.15) is 0 Å². The van der Waals surface area contributed by atoms with Crippen LogP contribution in [0.3, 0.4) is 0 Å². The van der Waals surface area contributed by atoms with Crippen molar-refractivity contribution in [3.05, 3.63) is 0 Å². The lowest BCUT2D eigenvalue weighted by Crippen LogP contribution is -2.48. The molecule has 2 amide bonds. The summed E-state index contributed by atoms with van der Waals surface area (Å²) in [5.74, 6) is 0.00590. The molecule has 0 bridgehead atoms. The van der Waals surface area contributed by atoms with Crippen molar-refractivity contribution >= 4 is 12.0 Å². The number of carboxylic acids is 1. The van der Waals surface area contributed by atoms with Gasteiger partial charge in [-0.15, -0.1) is 0 Å². The van der Waals surface area contributed by atoms with E-state index < -0.39 is 5.97 Å². The van der Waals surface area contributed by atoms with Gasteiger partial charge >= 0.3 is 12.0 Å². The molecule has 0 aromatic rings. The van der Waals surface area contributed by atoms with Gasteiger partial charge in [0.15, 0.2) is 0 Å². The van der Waals surface area contributed by atoms with Crippen molar-refractivity contribution in [1.82, 2.24) is 9.80 Å². The first-order chi connectivity index (χ1) is 9.47. The van der Waals surface area contributed by atoms with Gasteiger partial charge in [0.05, 0.1) is 0 Å². The van der Waals surface area contributed by atoms with Crippen molar-refractivity contribution in [3.63, 3.8) is 0 Å². The summed E-state index contributed by atoms with van der Waals surface area (Å²) in [7, 11) is 0. The minimum atomic E-state index is -0.735. The van der Waals surface area contributed by atoms with Crippen LogP contribution in [0.2, 0.25) is 0 Å². The Morgan fingerprint density at radius 3 is 2.35 bits per heavy atom. The number of carbonyl (C=O) groups is 2. The minimum Gasteiger partial charge on any atom is -0.481 e. The van der Waals surface area contributed by atoms with Gasteiger partial charge in [-0.25, -0.2) is 4.79 Å². The van der Waals surface area contributed by atoms with Crippen molar-refractivity contribution in [2.45, 2.75) is 46.5 Å². The highest BCUT2D eigenvalue weighted by Gasteiger charge is 2.27. The fourth-order valence-corrected chi connectivity index (χ4v) is 2.62. The number of carbonyl (C=O) groups excluding carboxylic acids is 1. The molecule has 1 heterocycles. The Kier molecular flexibility index (Phi) is 6.82. The summed E-state index contributed by atoms with van der Waals surface area (Å²) >= 11 is 0. The van der Waals surface area contributed by atoms with Crippen LogP contribution in [0.1, 0.15) is 46.5 Å². The van der Waals surface area contributed by atoms with Gasteiger partial charge in [-0.3, -0.25) is 4.79 Å². The molecule has 0 spiro atoms. The van der Waals surface area contributed by atoms with Crippen LogP contribution in [-0.4, -0.2) is 53.1 Å². The minimum absolute atomic E-state index is 0.113. The molecule has 5 nitrogen and oxygen atoms in total. The smallest absolute Gasteiger partial charge is 0.319 e. The normalized spacial score (nSPS) is 17.9. The third-order valence-corrected chi connectivity index (χ3v) is 4.23. The maximum absolute atomic E-state index is 12.4. The molecule has 0 radical (unpaired) electrons. The fourth-order valence-electron chi connectivity index (χ4n) is 2.62. The lowest BCUT2D eigenvalue weighted by atomic mass is 9.94. The Morgan fingerprint density at radius 2 is 1.90 bits per heavy atom. The predicted octanol–water partition coefficient (Wildman–Crippen LogP) is 2.66. The quantitative estimate of drug-likeness (QED) is 0.815. The summed E-state index contributed by atoms with van der Waals surface area (Å²) in [4.78, 5) is 26.9. The van der Waals surface area contributed by atoms with Crippen LogP contribution < -0.4 is 0 Å². The molecule has 0 saturated carbocycles. The first-order valence-electron chi connectivity index (χ1n) is 7.73. The highest BCUT2D eigenvalue weighted by molar-refractivity contribution is 5.74. The van der Waals surface area contributed by atoms with Crippen molar-refractivity contribution in [2.24, 2.45) is 11.8 Å². The number of amides is 2. The summed E-state index contributed by atoms with van der Waals surface area (Å²) in [6.45, 7) is 9.23. The Morgan fingerprint density at radius 1 is 1.30 bits per heavy atom. The highest BCUT2D eigenvalue weighted by Crippen LogP contribution is 2.21. The number of hydrogen-bond donors (Lipinski definition) is 1. The number of urea groups is 1. The Labute approximate surface area is 121 Å². The molecule has 1 aliphatic rings. The first-order valence-corrected chi connectivity index (χ1v) is 7.73. The number of hydrogen-bond acceptors (Lipinski definition) is 2. The molecule has 0 aromatic carbocycles. The molecule has 5 heteroatoms. The maximum Gasteiger partial charge on any atom is 0.319 e. The molecular weight excluding hydrogens is 256 g/mol. The number of nitrogens with zero attached hydrogens (tertiary/aromatic N) is 2. The van der Waals surface area contributed by atoms with E-state index in [2.05, 4.69) is 13.8 Å². The first kappa shape index (κ1) is 16.8. The molecule has 116 valence electrons. The van der Waals surface area contributed by atoms with E-state index in [1.165, 1.54) is 0 Å². The van der Waals surface area contributed by atoms with E-state index in [1.807, 2.05) is 16.7 Å². The molecule has 1 rings (SSSR count). The zero-order chi connectivity index (χ0) is 15.1. The average molecular weight is 284 g/mol. The molecule has 1 aliphatic heterocycles. The average Bonchev–Trinajstić information content (AvgIpc) is 2.44. The monoisotopic (exact) mass is 284 g/mol. The van der Waals surface area contributed by atoms with Crippen LogP contribution in [0.4, 0.5) is 4.79 Å². The van der Waals surface area contributed by atoms with Crippen LogP contribution in [-0.2, 0) is 4.79 Å². The van der Waals surface area contributed by atoms with E-state index in [4.69, 9.17) is 5.11 Å². The van der Waals surface area contributed by atoms with Crippen molar-refractivity contribution < 1.29 is 14.7 Å². The Bertz CT molecular complexity index is 325. The van der Waals surface area contributed by atoms with Crippen LogP contribution >= 0.6 is 0 Å². The van der Waals surface area contributed by atoms with Crippen molar-refractivity contribution in [2.75, 3.05) is 26.2 Å². The van der Waals surface area contributed by atoms with Gasteiger partial charge in [0, 0.05) is 32.6 Å². The van der Waals surface area contributed by atoms with E-state index in [0.717, 1.165) is 32.4 Å². The maximum atomic E-state index is 12.4. The number of piperidine rings is 1. The van der Waals surface area contributed by atoms with Crippen LogP contribution in [0, 0.1) is 11.8 Å². The summed E-state index contributed by atoms with van der Waals surface area (Å²) in [5.41, 5.74) is 0. The molecule has 1 saturated heterocycles. The van der Waals surface area contributed by atoms with E-state index in [9.17, 15) is 9.59 Å². The van der Waals surface area contributed by atoms with E-state index in [-0.39, 0.29) is 18.4 Å². The van der Waals surface area contributed by atoms with Gasteiger partial charge in [0.25, 0.3) is 0 Å². The molecule has 0 aliphatic carbocycles. The largest absolute Gasteiger partial charge is 0.481 e. The Balaban J connectivity index is 2.46. The second-order valence-electron chi connectivity index (χ2n) is 5.86. The fraction of sp³-hybridized carbons (Fsp3) is 0.867. The topological polar surface area (TPSA) is 60.9 Å². The molecule has 0 aromatic heterocycles. The number of rotatable bonds is 6. The molecule has 1 fully saturated rings. The van der Waals surface area contributed by atoms with E-state index >= 15 is 0 Å². The summed E-state index contributed by atoms with van der Waals surface area (Å²) < 4.78 is 0. The lowest BCUT2D eigenvalue weighted by molar-refractivity contribution is -0.138. The standard InChI is InChI=1S/C15H28N2O3/c1-4-12(3)11-16(5-2)15(20)17-8-6-13(7-9-17)10-14(18)19/h12-13H,4-11H2,1-3H3,(H,18,19). The van der Waals surface area contributed by atoms with Crippen LogP contribution in [0.5, 0.6) is 0 Å². The van der Waals surface area contributed by atoms with Gasteiger partial charge in [-0.05, 0) is 31.6 Å². The Hall–Kier alpha value is -1.26. The number of aliphatic carboxylic acids is 1. The summed E-state index contributed by atoms with van der Waals surface area (Å²) in [6, 6.07) is 0.113. The predicted molar refractivity (Wildman–Crippen MR) is 78.6 cm³/mol. The molecule has 1 N–H and O–H groups in total.